The molecule has 0 spiro atoms. The van der Waals surface area contributed by atoms with Crippen molar-refractivity contribution in [2.24, 2.45) is 11.8 Å². The van der Waals surface area contributed by atoms with Gasteiger partial charge in [-0.05, 0) is 49.8 Å². The van der Waals surface area contributed by atoms with Crippen LogP contribution in [0.3, 0.4) is 0 Å². The molecule has 0 bridgehead atoms. The maximum atomic E-state index is 13.8. The van der Waals surface area contributed by atoms with E-state index in [2.05, 4.69) is 35.9 Å². The Balaban J connectivity index is 2.23. The van der Waals surface area contributed by atoms with E-state index in [1.807, 2.05) is 0 Å². The molecule has 0 fully saturated rings. The molecule has 1 aromatic rings. The van der Waals surface area contributed by atoms with Gasteiger partial charge in [0.25, 0.3) is 0 Å². The smallest absolute Gasteiger partial charge is 0.129 e. The van der Waals surface area contributed by atoms with Crippen molar-refractivity contribution in [3.8, 4) is 0 Å². The Labute approximate surface area is 116 Å². The first-order chi connectivity index (χ1) is 8.47. The van der Waals surface area contributed by atoms with Gasteiger partial charge in [-0.1, -0.05) is 34.5 Å². The molecule has 3 heteroatoms. The summed E-state index contributed by atoms with van der Waals surface area (Å²) in [5.41, 5.74) is 1.68. The predicted molar refractivity (Wildman–Crippen MR) is 74.7 cm³/mol. The Morgan fingerprint density at radius 2 is 2.17 bits per heavy atom. The molecule has 0 amide bonds. The number of benzene rings is 1. The number of aliphatic hydroxyl groups excluding tert-OH is 1. The fourth-order valence-corrected chi connectivity index (χ4v) is 3.21. The van der Waals surface area contributed by atoms with Gasteiger partial charge in [-0.25, -0.2) is 4.39 Å². The van der Waals surface area contributed by atoms with Crippen LogP contribution in [0.5, 0.6) is 0 Å². The zero-order valence-electron chi connectivity index (χ0n) is 10.7. The van der Waals surface area contributed by atoms with E-state index in [4.69, 9.17) is 0 Å². The van der Waals surface area contributed by atoms with E-state index in [1.165, 1.54) is 11.6 Å². The Morgan fingerprint density at radius 3 is 2.83 bits per heavy atom. The Bertz CT molecular complexity index is 470. The summed E-state index contributed by atoms with van der Waals surface area (Å²) in [7, 11) is 0. The number of halogens is 2. The molecule has 3 unspecified atom stereocenters. The summed E-state index contributed by atoms with van der Waals surface area (Å²) >= 11 is 3.32. The van der Waals surface area contributed by atoms with Gasteiger partial charge in [0.2, 0.25) is 0 Å². The van der Waals surface area contributed by atoms with Crippen LogP contribution in [0.1, 0.15) is 38.4 Å². The molecular formula is C15H18BrFO. The van der Waals surface area contributed by atoms with Crippen LogP contribution in [0.4, 0.5) is 4.39 Å². The summed E-state index contributed by atoms with van der Waals surface area (Å²) in [5, 5.41) is 10.4. The summed E-state index contributed by atoms with van der Waals surface area (Å²) in [6.45, 7) is 4.21. The lowest BCUT2D eigenvalue weighted by molar-refractivity contribution is 0.0898. The third-order valence-electron chi connectivity index (χ3n) is 3.55. The average Bonchev–Trinajstić information content (AvgIpc) is 2.30. The van der Waals surface area contributed by atoms with Crippen molar-refractivity contribution in [3.05, 3.63) is 45.7 Å². The molecule has 0 heterocycles. The molecule has 1 aromatic carbocycles. The number of hydrogen-bond donors (Lipinski definition) is 1. The van der Waals surface area contributed by atoms with Crippen molar-refractivity contribution in [2.75, 3.05) is 0 Å². The van der Waals surface area contributed by atoms with Gasteiger partial charge in [0.05, 0.1) is 6.10 Å². The molecule has 3 atom stereocenters. The van der Waals surface area contributed by atoms with E-state index in [-0.39, 0.29) is 11.7 Å². The molecule has 1 N–H and O–H groups in total. The topological polar surface area (TPSA) is 20.2 Å². The highest BCUT2D eigenvalue weighted by Gasteiger charge is 2.27. The highest BCUT2D eigenvalue weighted by Crippen LogP contribution is 2.37. The zero-order chi connectivity index (χ0) is 13.3. The van der Waals surface area contributed by atoms with Crippen LogP contribution in [0.15, 0.2) is 34.3 Å². The molecule has 1 aliphatic carbocycles. The second-order valence-corrected chi connectivity index (χ2v) is 6.22. The van der Waals surface area contributed by atoms with E-state index < -0.39 is 6.10 Å². The minimum absolute atomic E-state index is 0.105. The highest BCUT2D eigenvalue weighted by molar-refractivity contribution is 9.10. The van der Waals surface area contributed by atoms with Crippen LogP contribution < -0.4 is 0 Å². The molecule has 0 aliphatic heterocycles. The van der Waals surface area contributed by atoms with Crippen LogP contribution in [0.25, 0.3) is 0 Å². The summed E-state index contributed by atoms with van der Waals surface area (Å²) in [4.78, 5) is 0. The van der Waals surface area contributed by atoms with Crippen molar-refractivity contribution < 1.29 is 9.50 Å². The molecule has 98 valence electrons. The van der Waals surface area contributed by atoms with Crippen LogP contribution >= 0.6 is 15.9 Å². The van der Waals surface area contributed by atoms with Crippen molar-refractivity contribution in [3.63, 3.8) is 0 Å². The summed E-state index contributed by atoms with van der Waals surface area (Å²) in [6.07, 6.45) is 3.26. The van der Waals surface area contributed by atoms with Gasteiger partial charge in [-0.3, -0.25) is 0 Å². The van der Waals surface area contributed by atoms with E-state index in [9.17, 15) is 9.50 Å². The van der Waals surface area contributed by atoms with Gasteiger partial charge in [-0.2, -0.15) is 0 Å². The SMILES string of the molecule is CC1=CC(C)CC(C(O)c2cc(Br)ccc2F)C1. The normalized spacial score (nSPS) is 25.7. The van der Waals surface area contributed by atoms with Gasteiger partial charge >= 0.3 is 0 Å². The first-order valence-corrected chi connectivity index (χ1v) is 7.07. The van der Waals surface area contributed by atoms with Crippen LogP contribution in [-0.4, -0.2) is 5.11 Å². The van der Waals surface area contributed by atoms with Gasteiger partial charge < -0.3 is 5.11 Å². The molecule has 18 heavy (non-hydrogen) atoms. The van der Waals surface area contributed by atoms with E-state index >= 15 is 0 Å². The quantitative estimate of drug-likeness (QED) is 0.790. The molecule has 2 rings (SSSR count). The largest absolute Gasteiger partial charge is 0.388 e. The third kappa shape index (κ3) is 3.01. The van der Waals surface area contributed by atoms with Crippen molar-refractivity contribution in [1.82, 2.24) is 0 Å². The number of hydrogen-bond acceptors (Lipinski definition) is 1. The highest BCUT2D eigenvalue weighted by atomic mass is 79.9. The molecule has 0 saturated carbocycles. The van der Waals surface area contributed by atoms with Crippen molar-refractivity contribution in [2.45, 2.75) is 32.8 Å². The molecule has 0 aromatic heterocycles. The first-order valence-electron chi connectivity index (χ1n) is 6.27. The van der Waals surface area contributed by atoms with Crippen LogP contribution in [0, 0.1) is 17.7 Å². The Hall–Kier alpha value is -0.670. The van der Waals surface area contributed by atoms with E-state index in [0.717, 1.165) is 17.3 Å². The molecule has 1 nitrogen and oxygen atoms in total. The van der Waals surface area contributed by atoms with Gasteiger partial charge in [-0.15, -0.1) is 0 Å². The van der Waals surface area contributed by atoms with Gasteiger partial charge in [0, 0.05) is 10.0 Å². The zero-order valence-corrected chi connectivity index (χ0v) is 12.2. The predicted octanol–water partition coefficient (Wildman–Crippen LogP) is 4.61. The minimum atomic E-state index is -0.728. The van der Waals surface area contributed by atoms with Crippen LogP contribution in [0.2, 0.25) is 0 Å². The average molecular weight is 313 g/mol. The number of aliphatic hydroxyl groups is 1. The third-order valence-corrected chi connectivity index (χ3v) is 4.04. The summed E-state index contributed by atoms with van der Waals surface area (Å²) in [5.74, 6) is 0.230. The number of rotatable bonds is 2. The van der Waals surface area contributed by atoms with Crippen LogP contribution in [-0.2, 0) is 0 Å². The Morgan fingerprint density at radius 1 is 1.44 bits per heavy atom. The number of allylic oxidation sites excluding steroid dienone is 2. The van der Waals surface area contributed by atoms with Gasteiger partial charge in [0.1, 0.15) is 5.82 Å². The molecule has 0 saturated heterocycles. The summed E-state index contributed by atoms with van der Waals surface area (Å²) in [6, 6.07) is 4.73. The molecular weight excluding hydrogens is 295 g/mol. The van der Waals surface area contributed by atoms with Gasteiger partial charge in [0.15, 0.2) is 0 Å². The van der Waals surface area contributed by atoms with E-state index in [0.29, 0.717) is 11.5 Å². The maximum Gasteiger partial charge on any atom is 0.129 e. The lowest BCUT2D eigenvalue weighted by Gasteiger charge is -2.29. The second-order valence-electron chi connectivity index (χ2n) is 5.30. The fourth-order valence-electron chi connectivity index (χ4n) is 2.83. The first kappa shape index (κ1) is 13.8. The second kappa shape index (κ2) is 5.54. The summed E-state index contributed by atoms with van der Waals surface area (Å²) < 4.78 is 14.6. The van der Waals surface area contributed by atoms with E-state index in [1.54, 1.807) is 12.1 Å². The monoisotopic (exact) mass is 312 g/mol. The maximum absolute atomic E-state index is 13.8. The van der Waals surface area contributed by atoms with Crippen molar-refractivity contribution >= 4 is 15.9 Å². The standard InChI is InChI=1S/C15H18BrFO/c1-9-5-10(2)7-11(6-9)15(18)13-8-12(16)3-4-14(13)17/h3-5,8-9,11,15,18H,6-7H2,1-2H3. The Kier molecular flexibility index (Phi) is 4.23. The molecule has 1 aliphatic rings. The lowest BCUT2D eigenvalue weighted by atomic mass is 9.79. The minimum Gasteiger partial charge on any atom is -0.388 e. The lowest BCUT2D eigenvalue weighted by Crippen LogP contribution is -2.20. The molecule has 0 radical (unpaired) electrons. The fraction of sp³-hybridized carbons (Fsp3) is 0.467. The van der Waals surface area contributed by atoms with Crippen molar-refractivity contribution in [1.29, 1.82) is 0 Å².